The third-order valence-electron chi connectivity index (χ3n) is 6.54. The molecule has 1 atom stereocenters. The van der Waals surface area contributed by atoms with Gasteiger partial charge in [-0.2, -0.15) is 0 Å². The Hall–Kier alpha value is -3.12. The van der Waals surface area contributed by atoms with Crippen LogP contribution < -0.4 is 5.32 Å². The van der Waals surface area contributed by atoms with E-state index in [9.17, 15) is 9.59 Å². The Balaban J connectivity index is 1.42. The molecule has 6 heteroatoms. The second kappa shape index (κ2) is 8.19. The molecule has 0 spiro atoms. The Labute approximate surface area is 182 Å². The van der Waals surface area contributed by atoms with Gasteiger partial charge in [0.1, 0.15) is 6.54 Å². The van der Waals surface area contributed by atoms with E-state index >= 15 is 0 Å². The van der Waals surface area contributed by atoms with Gasteiger partial charge < -0.3 is 20.1 Å². The van der Waals surface area contributed by atoms with Gasteiger partial charge in [-0.1, -0.05) is 36.4 Å². The number of rotatable bonds is 6. The molecule has 0 radical (unpaired) electrons. The van der Waals surface area contributed by atoms with Crippen molar-refractivity contribution in [1.29, 1.82) is 0 Å². The number of carbonyl (C=O) groups is 2. The van der Waals surface area contributed by atoms with Gasteiger partial charge in [0.25, 0.3) is 5.91 Å². The van der Waals surface area contributed by atoms with Crippen molar-refractivity contribution >= 4 is 22.7 Å². The molecule has 3 aromatic rings. The van der Waals surface area contributed by atoms with Gasteiger partial charge in [-0.05, 0) is 50.6 Å². The Morgan fingerprint density at radius 3 is 2.68 bits per heavy atom. The lowest BCUT2D eigenvalue weighted by Crippen LogP contribution is -2.42. The first-order valence-electron chi connectivity index (χ1n) is 11.1. The summed E-state index contributed by atoms with van der Waals surface area (Å²) in [5.74, 6) is -0.192. The summed E-state index contributed by atoms with van der Waals surface area (Å²) in [7, 11) is 0. The number of amides is 2. The fourth-order valence-corrected chi connectivity index (χ4v) is 5.07. The Morgan fingerprint density at radius 2 is 1.84 bits per heavy atom. The van der Waals surface area contributed by atoms with Crippen molar-refractivity contribution in [2.75, 3.05) is 32.7 Å². The monoisotopic (exact) mass is 416 g/mol. The lowest BCUT2D eigenvalue weighted by atomic mass is 9.95. The number of carbonyl (C=O) groups excluding carboxylic acids is 2. The molecule has 3 heterocycles. The van der Waals surface area contributed by atoms with E-state index in [0.717, 1.165) is 47.4 Å². The highest BCUT2D eigenvalue weighted by molar-refractivity contribution is 6.02. The summed E-state index contributed by atoms with van der Waals surface area (Å²) in [5.41, 5.74) is 4.78. The highest BCUT2D eigenvalue weighted by Gasteiger charge is 2.40. The molecular formula is C25H28N4O2. The fourth-order valence-electron chi connectivity index (χ4n) is 5.07. The van der Waals surface area contributed by atoms with Crippen LogP contribution in [0, 0.1) is 6.92 Å². The van der Waals surface area contributed by atoms with Gasteiger partial charge >= 0.3 is 0 Å². The summed E-state index contributed by atoms with van der Waals surface area (Å²) in [4.78, 5) is 33.6. The number of hydrogen-bond donors (Lipinski definition) is 2. The van der Waals surface area contributed by atoms with E-state index in [-0.39, 0.29) is 24.4 Å². The van der Waals surface area contributed by atoms with Crippen LogP contribution in [0.15, 0.2) is 48.5 Å². The van der Waals surface area contributed by atoms with Crippen LogP contribution in [0.1, 0.15) is 46.1 Å². The first kappa shape index (κ1) is 19.8. The predicted molar refractivity (Wildman–Crippen MR) is 121 cm³/mol. The molecular weight excluding hydrogens is 388 g/mol. The van der Waals surface area contributed by atoms with Crippen LogP contribution in [0.25, 0.3) is 10.9 Å². The van der Waals surface area contributed by atoms with Crippen LogP contribution >= 0.6 is 0 Å². The van der Waals surface area contributed by atoms with Crippen molar-refractivity contribution < 1.29 is 9.59 Å². The molecule has 2 aliphatic rings. The van der Waals surface area contributed by atoms with Gasteiger partial charge in [-0.25, -0.2) is 0 Å². The maximum Gasteiger partial charge on any atom is 0.255 e. The van der Waals surface area contributed by atoms with E-state index in [1.54, 1.807) is 4.90 Å². The molecule has 31 heavy (non-hydrogen) atoms. The first-order chi connectivity index (χ1) is 15.1. The van der Waals surface area contributed by atoms with E-state index in [1.807, 2.05) is 49.4 Å². The zero-order chi connectivity index (χ0) is 21.4. The van der Waals surface area contributed by atoms with Crippen molar-refractivity contribution in [3.05, 3.63) is 70.9 Å². The van der Waals surface area contributed by atoms with Gasteiger partial charge in [0.2, 0.25) is 5.91 Å². The van der Waals surface area contributed by atoms with Gasteiger partial charge in [-0.15, -0.1) is 0 Å². The Morgan fingerprint density at radius 1 is 1.10 bits per heavy atom. The standard InChI is InChI=1S/C25H28N4O2/c1-17-23(20-10-4-5-11-21(20)27-17)24-18-8-2-3-9-19(18)25(31)29(24)16-22(30)26-12-15-28-13-6-7-14-28/h2-5,8-11,24,27H,6-7,12-16H2,1H3,(H,26,30). The summed E-state index contributed by atoms with van der Waals surface area (Å²) < 4.78 is 0. The van der Waals surface area contributed by atoms with Gasteiger partial charge in [0.15, 0.2) is 0 Å². The van der Waals surface area contributed by atoms with Gasteiger partial charge in [0, 0.05) is 40.8 Å². The van der Waals surface area contributed by atoms with Crippen LogP contribution in [0.2, 0.25) is 0 Å². The molecule has 1 unspecified atom stereocenters. The summed E-state index contributed by atoms with van der Waals surface area (Å²) in [5, 5.41) is 4.11. The first-order valence-corrected chi connectivity index (χ1v) is 11.1. The summed E-state index contributed by atoms with van der Waals surface area (Å²) in [6.45, 7) is 5.79. The van der Waals surface area contributed by atoms with Crippen molar-refractivity contribution in [3.63, 3.8) is 0 Å². The van der Waals surface area contributed by atoms with E-state index < -0.39 is 0 Å². The van der Waals surface area contributed by atoms with Gasteiger partial charge in [-0.3, -0.25) is 9.59 Å². The maximum absolute atomic E-state index is 13.3. The average Bonchev–Trinajstić information content (AvgIpc) is 3.46. The second-order valence-corrected chi connectivity index (χ2v) is 8.53. The third-order valence-corrected chi connectivity index (χ3v) is 6.54. The van der Waals surface area contributed by atoms with E-state index in [2.05, 4.69) is 21.3 Å². The Kier molecular flexibility index (Phi) is 5.24. The molecule has 6 nitrogen and oxygen atoms in total. The summed E-state index contributed by atoms with van der Waals surface area (Å²) in [6.07, 6.45) is 2.47. The fraction of sp³-hybridized carbons (Fsp3) is 0.360. The summed E-state index contributed by atoms with van der Waals surface area (Å²) >= 11 is 0. The number of nitrogens with zero attached hydrogens (tertiary/aromatic N) is 2. The van der Waals surface area contributed by atoms with Gasteiger partial charge in [0.05, 0.1) is 6.04 Å². The van der Waals surface area contributed by atoms with Crippen molar-refractivity contribution in [2.24, 2.45) is 0 Å². The molecule has 0 saturated carbocycles. The van der Waals surface area contributed by atoms with E-state index in [0.29, 0.717) is 12.1 Å². The quantitative estimate of drug-likeness (QED) is 0.648. The molecule has 5 rings (SSSR count). The molecule has 1 aromatic heterocycles. The molecule has 0 aliphatic carbocycles. The minimum absolute atomic E-state index is 0.0527. The molecule has 1 fully saturated rings. The molecule has 2 aliphatic heterocycles. The number of aromatic amines is 1. The maximum atomic E-state index is 13.3. The second-order valence-electron chi connectivity index (χ2n) is 8.53. The highest BCUT2D eigenvalue weighted by Crippen LogP contribution is 2.42. The smallest absolute Gasteiger partial charge is 0.255 e. The topological polar surface area (TPSA) is 68.4 Å². The van der Waals surface area contributed by atoms with Crippen molar-refractivity contribution in [2.45, 2.75) is 25.8 Å². The number of hydrogen-bond acceptors (Lipinski definition) is 3. The number of para-hydroxylation sites is 1. The molecule has 2 N–H and O–H groups in total. The zero-order valence-electron chi connectivity index (χ0n) is 17.9. The highest BCUT2D eigenvalue weighted by atomic mass is 16.2. The predicted octanol–water partition coefficient (Wildman–Crippen LogP) is 3.23. The number of likely N-dealkylation sites (tertiary alicyclic amines) is 1. The van der Waals surface area contributed by atoms with Crippen LogP contribution in [-0.2, 0) is 4.79 Å². The van der Waals surface area contributed by atoms with E-state index in [4.69, 9.17) is 0 Å². The minimum Gasteiger partial charge on any atom is -0.358 e. The third kappa shape index (κ3) is 3.61. The summed E-state index contributed by atoms with van der Waals surface area (Å²) in [6, 6.07) is 15.6. The molecule has 1 saturated heterocycles. The number of nitrogens with one attached hydrogen (secondary N) is 2. The number of H-pyrrole nitrogens is 1. The van der Waals surface area contributed by atoms with Crippen molar-refractivity contribution in [1.82, 2.24) is 20.1 Å². The average molecular weight is 417 g/mol. The number of aryl methyl sites for hydroxylation is 1. The van der Waals surface area contributed by atoms with Crippen LogP contribution in [0.5, 0.6) is 0 Å². The molecule has 2 aromatic carbocycles. The van der Waals surface area contributed by atoms with Crippen LogP contribution in [0.3, 0.4) is 0 Å². The largest absolute Gasteiger partial charge is 0.358 e. The lowest BCUT2D eigenvalue weighted by Gasteiger charge is -2.26. The molecule has 2 amide bonds. The van der Waals surface area contributed by atoms with E-state index in [1.165, 1.54) is 12.8 Å². The Bertz CT molecular complexity index is 1130. The lowest BCUT2D eigenvalue weighted by molar-refractivity contribution is -0.122. The minimum atomic E-state index is -0.274. The van der Waals surface area contributed by atoms with Crippen LogP contribution in [-0.4, -0.2) is 59.3 Å². The SMILES string of the molecule is Cc1[nH]c2ccccc2c1C1c2ccccc2C(=O)N1CC(=O)NCCN1CCCC1. The number of benzene rings is 2. The zero-order valence-corrected chi connectivity index (χ0v) is 17.9. The number of aromatic nitrogens is 1. The number of fused-ring (bicyclic) bond motifs is 2. The van der Waals surface area contributed by atoms with Crippen molar-refractivity contribution in [3.8, 4) is 0 Å². The molecule has 0 bridgehead atoms. The van der Waals surface area contributed by atoms with Crippen LogP contribution in [0.4, 0.5) is 0 Å². The molecule has 160 valence electrons. The normalized spacial score (nSPS) is 18.7.